The van der Waals surface area contributed by atoms with Crippen LogP contribution in [0.4, 0.5) is 23.1 Å². The van der Waals surface area contributed by atoms with E-state index in [0.29, 0.717) is 17.3 Å². The Kier molecular flexibility index (Phi) is 7.70. The molecule has 3 heterocycles. The van der Waals surface area contributed by atoms with Crippen molar-refractivity contribution in [2.75, 3.05) is 35.3 Å². The molecule has 4 rings (SSSR count). The normalized spacial score (nSPS) is 11.7. The number of anilines is 4. The van der Waals surface area contributed by atoms with Crippen molar-refractivity contribution in [3.63, 3.8) is 0 Å². The first-order valence-electron chi connectivity index (χ1n) is 12.4. The van der Waals surface area contributed by atoms with Crippen LogP contribution in [0.25, 0.3) is 11.4 Å². The van der Waals surface area contributed by atoms with Gasteiger partial charge in [-0.15, -0.1) is 0 Å². The number of nitrogens with zero attached hydrogens (tertiary/aromatic N) is 8. The molecule has 0 radical (unpaired) electrons. The lowest BCUT2D eigenvalue weighted by atomic mass is 10.2. The van der Waals surface area contributed by atoms with Crippen molar-refractivity contribution in [2.24, 2.45) is 5.73 Å². The minimum absolute atomic E-state index is 0.148. The molecule has 1 atom stereocenters. The molecule has 38 heavy (non-hydrogen) atoms. The number of nitrogens with two attached hydrogens (primary N) is 1. The number of nitrogens with one attached hydrogen (secondary N) is 2. The highest BCUT2D eigenvalue weighted by Crippen LogP contribution is 2.27. The number of aromatic nitrogens is 6. The fourth-order valence-corrected chi connectivity index (χ4v) is 3.98. The Labute approximate surface area is 221 Å². The van der Waals surface area contributed by atoms with Crippen LogP contribution in [0.15, 0.2) is 55.2 Å². The molecular weight excluding hydrogens is 482 g/mol. The maximum absolute atomic E-state index is 12.2. The minimum atomic E-state index is -0.655. The van der Waals surface area contributed by atoms with Crippen molar-refractivity contribution in [1.29, 1.82) is 5.41 Å². The van der Waals surface area contributed by atoms with Gasteiger partial charge in [0, 0.05) is 50.1 Å². The zero-order valence-electron chi connectivity index (χ0n) is 22.3. The Hall–Kier alpha value is -4.74. The first kappa shape index (κ1) is 26.3. The van der Waals surface area contributed by atoms with Gasteiger partial charge < -0.3 is 26.3 Å². The van der Waals surface area contributed by atoms with Gasteiger partial charge >= 0.3 is 0 Å². The third-order valence-corrected chi connectivity index (χ3v) is 6.46. The zero-order valence-corrected chi connectivity index (χ0v) is 22.3. The molecule has 3 aromatic heterocycles. The average molecular weight is 516 g/mol. The van der Waals surface area contributed by atoms with Crippen LogP contribution in [0.3, 0.4) is 0 Å². The molecule has 0 aliphatic heterocycles. The lowest BCUT2D eigenvalue weighted by Crippen LogP contribution is -2.35. The number of carbonyl (C=O) groups is 1. The molecule has 12 heteroatoms. The summed E-state index contributed by atoms with van der Waals surface area (Å²) in [6.45, 7) is 9.57. The minimum Gasteiger partial charge on any atom is -0.370 e. The fraction of sp³-hybridized carbons (Fsp3) is 0.308. The Balaban J connectivity index is 1.78. The summed E-state index contributed by atoms with van der Waals surface area (Å²) in [4.78, 5) is 25.1. The van der Waals surface area contributed by atoms with Crippen LogP contribution in [-0.4, -0.2) is 67.3 Å². The summed E-state index contributed by atoms with van der Waals surface area (Å²) in [6, 6.07) is 7.39. The van der Waals surface area contributed by atoms with Gasteiger partial charge in [-0.25, -0.2) is 14.3 Å². The van der Waals surface area contributed by atoms with Crippen LogP contribution in [0, 0.1) is 5.41 Å². The van der Waals surface area contributed by atoms with Gasteiger partial charge in [0.2, 0.25) is 5.95 Å². The third kappa shape index (κ3) is 5.48. The molecular formula is C26H33N11O. The van der Waals surface area contributed by atoms with Crippen molar-refractivity contribution in [3.05, 3.63) is 60.8 Å². The largest absolute Gasteiger partial charge is 0.370 e. The van der Waals surface area contributed by atoms with Crippen LogP contribution in [0.1, 0.15) is 38.1 Å². The van der Waals surface area contributed by atoms with E-state index < -0.39 is 5.91 Å². The fourth-order valence-electron chi connectivity index (χ4n) is 3.98. The molecule has 1 unspecified atom stereocenters. The van der Waals surface area contributed by atoms with Gasteiger partial charge in [-0.2, -0.15) is 15.2 Å². The van der Waals surface area contributed by atoms with E-state index >= 15 is 0 Å². The Morgan fingerprint density at radius 2 is 1.84 bits per heavy atom. The van der Waals surface area contributed by atoms with Gasteiger partial charge in [-0.3, -0.25) is 4.79 Å². The van der Waals surface area contributed by atoms with E-state index in [-0.39, 0.29) is 17.4 Å². The number of rotatable bonds is 11. The van der Waals surface area contributed by atoms with Gasteiger partial charge in [-0.05, 0) is 52.0 Å². The van der Waals surface area contributed by atoms with Crippen LogP contribution in [-0.2, 0) is 0 Å². The molecule has 4 aromatic rings. The molecule has 0 saturated heterocycles. The summed E-state index contributed by atoms with van der Waals surface area (Å²) in [5.41, 5.74) is 9.51. The standard InChI is InChI=1S/C26H33N11O/c1-6-35(7-2)22-14-31-37(16-22)21-12-19(11-20(13-21)36-10-8-9-30-36)32-25-23(24(28)38)15-29-26(33-25)34(5)18(4)17(3)27/h8-16,18,27H,6-7H2,1-5H3,(H2,28,38)(H,29,32,33). The van der Waals surface area contributed by atoms with Crippen LogP contribution >= 0.6 is 0 Å². The Morgan fingerprint density at radius 1 is 1.13 bits per heavy atom. The molecule has 198 valence electrons. The molecule has 0 spiro atoms. The van der Waals surface area contributed by atoms with E-state index in [2.05, 4.69) is 44.2 Å². The number of amides is 1. The van der Waals surface area contributed by atoms with Gasteiger partial charge in [0.15, 0.2) is 0 Å². The predicted molar refractivity (Wildman–Crippen MR) is 149 cm³/mol. The molecule has 0 aliphatic rings. The van der Waals surface area contributed by atoms with E-state index in [1.54, 1.807) is 34.4 Å². The smallest absolute Gasteiger partial charge is 0.254 e. The van der Waals surface area contributed by atoms with Crippen molar-refractivity contribution < 1.29 is 4.79 Å². The summed E-state index contributed by atoms with van der Waals surface area (Å²) in [6.07, 6.45) is 8.77. The maximum atomic E-state index is 12.2. The highest BCUT2D eigenvalue weighted by atomic mass is 16.1. The van der Waals surface area contributed by atoms with Gasteiger partial charge in [0.05, 0.1) is 35.5 Å². The lowest BCUT2D eigenvalue weighted by Gasteiger charge is -2.25. The summed E-state index contributed by atoms with van der Waals surface area (Å²) < 4.78 is 3.54. The van der Waals surface area contributed by atoms with E-state index in [1.807, 2.05) is 49.8 Å². The van der Waals surface area contributed by atoms with Crippen molar-refractivity contribution in [1.82, 2.24) is 29.5 Å². The lowest BCUT2D eigenvalue weighted by molar-refractivity contribution is 0.100. The molecule has 0 bridgehead atoms. The monoisotopic (exact) mass is 515 g/mol. The Morgan fingerprint density at radius 3 is 2.45 bits per heavy atom. The molecule has 0 fully saturated rings. The second kappa shape index (κ2) is 11.1. The van der Waals surface area contributed by atoms with Gasteiger partial charge in [0.25, 0.3) is 5.91 Å². The number of hydrogen-bond donors (Lipinski definition) is 3. The topological polar surface area (TPSA) is 147 Å². The second-order valence-electron chi connectivity index (χ2n) is 8.90. The molecule has 0 aliphatic carbocycles. The first-order valence-corrected chi connectivity index (χ1v) is 12.4. The van der Waals surface area contributed by atoms with Gasteiger partial charge in [0.1, 0.15) is 11.4 Å². The molecule has 1 amide bonds. The van der Waals surface area contributed by atoms with Crippen molar-refractivity contribution >= 4 is 34.8 Å². The van der Waals surface area contributed by atoms with Crippen LogP contribution in [0.2, 0.25) is 0 Å². The molecule has 0 saturated carbocycles. The second-order valence-corrected chi connectivity index (χ2v) is 8.90. The predicted octanol–water partition coefficient (Wildman–Crippen LogP) is 3.40. The highest BCUT2D eigenvalue weighted by Gasteiger charge is 2.19. The van der Waals surface area contributed by atoms with Crippen LogP contribution in [0.5, 0.6) is 0 Å². The molecule has 12 nitrogen and oxygen atoms in total. The maximum Gasteiger partial charge on any atom is 0.254 e. The van der Waals surface area contributed by atoms with E-state index in [0.717, 1.165) is 30.2 Å². The Bertz CT molecular complexity index is 1420. The molecule has 1 aromatic carbocycles. The summed E-state index contributed by atoms with van der Waals surface area (Å²) in [7, 11) is 1.80. The first-order chi connectivity index (χ1) is 18.2. The van der Waals surface area contributed by atoms with E-state index in [9.17, 15) is 4.79 Å². The summed E-state index contributed by atoms with van der Waals surface area (Å²) in [5, 5.41) is 20.2. The third-order valence-electron chi connectivity index (χ3n) is 6.46. The summed E-state index contributed by atoms with van der Waals surface area (Å²) in [5.74, 6) is -0.0366. The number of benzene rings is 1. The SMILES string of the molecule is CCN(CC)c1cnn(-c2cc(Nc3nc(N(C)C(C)C(C)=N)ncc3C(N)=O)cc(-n3cccn3)c2)c1. The molecule has 4 N–H and O–H groups in total. The van der Waals surface area contributed by atoms with E-state index in [4.69, 9.17) is 11.1 Å². The van der Waals surface area contributed by atoms with Crippen LogP contribution < -0.4 is 20.9 Å². The number of carbonyl (C=O) groups excluding carboxylic acids is 1. The zero-order chi connectivity index (χ0) is 27.4. The highest BCUT2D eigenvalue weighted by molar-refractivity contribution is 5.98. The van der Waals surface area contributed by atoms with E-state index in [1.165, 1.54) is 6.20 Å². The average Bonchev–Trinajstić information content (AvgIpc) is 3.61. The number of primary amides is 1. The quantitative estimate of drug-likeness (QED) is 0.258. The van der Waals surface area contributed by atoms with Crippen molar-refractivity contribution in [3.8, 4) is 11.4 Å². The van der Waals surface area contributed by atoms with Gasteiger partial charge in [-0.1, -0.05) is 0 Å². The van der Waals surface area contributed by atoms with Crippen molar-refractivity contribution in [2.45, 2.75) is 33.7 Å². The number of hydrogen-bond acceptors (Lipinski definition) is 9. The summed E-state index contributed by atoms with van der Waals surface area (Å²) >= 11 is 0.